The van der Waals surface area contributed by atoms with Crippen LogP contribution in [0.1, 0.15) is 19.3 Å². The average Bonchev–Trinajstić information content (AvgIpc) is 2.96. The maximum Gasteiger partial charge on any atom is 0.390 e. The van der Waals surface area contributed by atoms with Gasteiger partial charge in [0.1, 0.15) is 17.8 Å². The minimum absolute atomic E-state index is 0.0586. The Balaban J connectivity index is 1.56. The van der Waals surface area contributed by atoms with Crippen molar-refractivity contribution in [3.8, 4) is 0 Å². The van der Waals surface area contributed by atoms with Crippen LogP contribution < -0.4 is 9.62 Å². The highest BCUT2D eigenvalue weighted by Crippen LogP contribution is 2.31. The fraction of sp³-hybridized carbons (Fsp3) is 0.571. The van der Waals surface area contributed by atoms with Gasteiger partial charge in [0.25, 0.3) is 0 Å². The molecule has 2 aromatic heterocycles. The van der Waals surface area contributed by atoms with Crippen molar-refractivity contribution in [2.75, 3.05) is 17.7 Å². The Hall–Kier alpha value is -1.88. The van der Waals surface area contributed by atoms with E-state index in [9.17, 15) is 21.6 Å². The smallest absolute Gasteiger partial charge is 0.356 e. The Morgan fingerprint density at radius 1 is 1.36 bits per heavy atom. The Bertz CT molecular complexity index is 846. The Kier molecular flexibility index (Phi) is 4.62. The largest absolute Gasteiger partial charge is 0.390 e. The normalized spacial score (nSPS) is 21.3. The molecular formula is C14H18F3N5O2S. The molecule has 0 unspecified atom stereocenters. The topological polar surface area (TPSA) is 91.0 Å². The standard InChI is InChI=1S/C14H18F3N5O2S/c1-22(13-11-2-4-18-12(11)19-8-20-13)10-6-9(7-10)21-25(23,24)5-3-14(15,16)17/h2,4,8-10,21H,3,5-7H2,1H3,(H,18,19,20). The van der Waals surface area contributed by atoms with Crippen LogP contribution in [-0.4, -0.2) is 54.4 Å². The third-order valence-electron chi connectivity index (χ3n) is 4.33. The molecule has 138 valence electrons. The summed E-state index contributed by atoms with van der Waals surface area (Å²) < 4.78 is 62.3. The van der Waals surface area contributed by atoms with Crippen LogP contribution >= 0.6 is 0 Å². The lowest BCUT2D eigenvalue weighted by molar-refractivity contribution is -0.130. The predicted octanol–water partition coefficient (Wildman–Crippen LogP) is 1.80. The molecule has 1 aliphatic rings. The number of rotatable bonds is 6. The first-order chi connectivity index (χ1) is 11.6. The van der Waals surface area contributed by atoms with Crippen LogP contribution in [0.5, 0.6) is 0 Å². The number of anilines is 1. The number of nitrogens with zero attached hydrogens (tertiary/aromatic N) is 3. The van der Waals surface area contributed by atoms with Crippen molar-refractivity contribution >= 4 is 26.9 Å². The molecular weight excluding hydrogens is 359 g/mol. The number of sulfonamides is 1. The number of hydrogen-bond donors (Lipinski definition) is 2. The molecule has 1 aliphatic carbocycles. The van der Waals surface area contributed by atoms with E-state index in [2.05, 4.69) is 19.7 Å². The summed E-state index contributed by atoms with van der Waals surface area (Å²) in [7, 11) is -2.08. The van der Waals surface area contributed by atoms with Crippen LogP contribution in [0, 0.1) is 0 Å². The van der Waals surface area contributed by atoms with E-state index in [0.29, 0.717) is 18.5 Å². The lowest BCUT2D eigenvalue weighted by Gasteiger charge is -2.41. The van der Waals surface area contributed by atoms with Gasteiger partial charge in [-0.25, -0.2) is 23.1 Å². The SMILES string of the molecule is CN(c1ncnc2[nH]ccc12)C1CC(NS(=O)(=O)CCC(F)(F)F)C1. The van der Waals surface area contributed by atoms with Crippen LogP contribution in [0.2, 0.25) is 0 Å². The molecule has 1 fully saturated rings. The van der Waals surface area contributed by atoms with Crippen LogP contribution in [0.4, 0.5) is 19.0 Å². The predicted molar refractivity (Wildman–Crippen MR) is 86.7 cm³/mol. The number of hydrogen-bond acceptors (Lipinski definition) is 5. The van der Waals surface area contributed by atoms with Gasteiger partial charge in [0.05, 0.1) is 17.6 Å². The number of halogens is 3. The molecule has 0 amide bonds. The zero-order chi connectivity index (χ0) is 18.2. The fourth-order valence-electron chi connectivity index (χ4n) is 2.88. The summed E-state index contributed by atoms with van der Waals surface area (Å²) in [5.74, 6) is -0.210. The van der Waals surface area contributed by atoms with Gasteiger partial charge >= 0.3 is 6.18 Å². The molecule has 0 atom stereocenters. The molecule has 0 aliphatic heterocycles. The summed E-state index contributed by atoms with van der Waals surface area (Å²) in [6.45, 7) is 0. The molecule has 2 heterocycles. The number of fused-ring (bicyclic) bond motifs is 1. The maximum atomic E-state index is 12.2. The van der Waals surface area contributed by atoms with E-state index >= 15 is 0 Å². The molecule has 0 saturated heterocycles. The van der Waals surface area contributed by atoms with Gasteiger partial charge in [0.2, 0.25) is 10.0 Å². The summed E-state index contributed by atoms with van der Waals surface area (Å²) in [6.07, 6.45) is -1.60. The van der Waals surface area contributed by atoms with Gasteiger partial charge in [-0.1, -0.05) is 0 Å². The zero-order valence-corrected chi connectivity index (χ0v) is 14.2. The minimum atomic E-state index is -4.48. The third-order valence-corrected chi connectivity index (χ3v) is 5.76. The molecule has 3 rings (SSSR count). The summed E-state index contributed by atoms with van der Waals surface area (Å²) >= 11 is 0. The van der Waals surface area contributed by atoms with Crippen LogP contribution in [-0.2, 0) is 10.0 Å². The first-order valence-corrected chi connectivity index (χ1v) is 9.37. The van der Waals surface area contributed by atoms with Gasteiger partial charge in [-0.3, -0.25) is 0 Å². The van der Waals surface area contributed by atoms with Crippen molar-refractivity contribution in [1.29, 1.82) is 0 Å². The molecule has 2 N–H and O–H groups in total. The van der Waals surface area contributed by atoms with E-state index in [0.717, 1.165) is 11.2 Å². The molecule has 0 radical (unpaired) electrons. The second-order valence-corrected chi connectivity index (χ2v) is 8.05. The van der Waals surface area contributed by atoms with Crippen LogP contribution in [0.3, 0.4) is 0 Å². The molecule has 25 heavy (non-hydrogen) atoms. The highest BCUT2D eigenvalue weighted by Gasteiger charge is 2.37. The van der Waals surface area contributed by atoms with Gasteiger partial charge in [-0.2, -0.15) is 13.2 Å². The highest BCUT2D eigenvalue weighted by molar-refractivity contribution is 7.89. The summed E-state index contributed by atoms with van der Waals surface area (Å²) in [5, 5.41) is 0.860. The van der Waals surface area contributed by atoms with Crippen molar-refractivity contribution in [2.24, 2.45) is 0 Å². The minimum Gasteiger partial charge on any atom is -0.356 e. The first-order valence-electron chi connectivity index (χ1n) is 7.72. The molecule has 0 bridgehead atoms. The number of H-pyrrole nitrogens is 1. The lowest BCUT2D eigenvalue weighted by Crippen LogP contribution is -2.53. The molecule has 2 aromatic rings. The quantitative estimate of drug-likeness (QED) is 0.801. The number of aromatic amines is 1. The summed E-state index contributed by atoms with van der Waals surface area (Å²) in [6, 6.07) is 1.56. The van der Waals surface area contributed by atoms with Crippen molar-refractivity contribution in [3.05, 3.63) is 18.6 Å². The van der Waals surface area contributed by atoms with Crippen LogP contribution in [0.25, 0.3) is 11.0 Å². The van der Waals surface area contributed by atoms with Crippen molar-refractivity contribution in [2.45, 2.75) is 37.5 Å². The average molecular weight is 377 g/mol. The molecule has 11 heteroatoms. The van der Waals surface area contributed by atoms with E-state index in [1.54, 1.807) is 6.20 Å². The number of alkyl halides is 3. The van der Waals surface area contributed by atoms with Crippen molar-refractivity contribution < 1.29 is 21.6 Å². The van der Waals surface area contributed by atoms with E-state index in [1.807, 2.05) is 18.0 Å². The van der Waals surface area contributed by atoms with Crippen LogP contribution in [0.15, 0.2) is 18.6 Å². The van der Waals surface area contributed by atoms with E-state index in [1.165, 1.54) is 6.33 Å². The number of nitrogens with one attached hydrogen (secondary N) is 2. The lowest BCUT2D eigenvalue weighted by atomic mass is 9.86. The maximum absolute atomic E-state index is 12.2. The molecule has 1 saturated carbocycles. The zero-order valence-electron chi connectivity index (χ0n) is 13.4. The fourth-order valence-corrected chi connectivity index (χ4v) is 4.19. The Labute approximate surface area is 142 Å². The third kappa shape index (κ3) is 4.21. The second kappa shape index (κ2) is 6.45. The Morgan fingerprint density at radius 3 is 2.76 bits per heavy atom. The van der Waals surface area contributed by atoms with Gasteiger partial charge in [0, 0.05) is 25.3 Å². The van der Waals surface area contributed by atoms with Gasteiger partial charge in [-0.05, 0) is 18.9 Å². The van der Waals surface area contributed by atoms with Gasteiger partial charge < -0.3 is 9.88 Å². The van der Waals surface area contributed by atoms with E-state index < -0.39 is 28.4 Å². The Morgan fingerprint density at radius 2 is 2.08 bits per heavy atom. The van der Waals surface area contributed by atoms with E-state index in [-0.39, 0.29) is 12.1 Å². The van der Waals surface area contributed by atoms with Gasteiger partial charge in [-0.15, -0.1) is 0 Å². The summed E-state index contributed by atoms with van der Waals surface area (Å²) in [4.78, 5) is 13.3. The monoisotopic (exact) mass is 377 g/mol. The van der Waals surface area contributed by atoms with Gasteiger partial charge in [0.15, 0.2) is 0 Å². The van der Waals surface area contributed by atoms with Crippen molar-refractivity contribution in [3.63, 3.8) is 0 Å². The van der Waals surface area contributed by atoms with Crippen molar-refractivity contribution in [1.82, 2.24) is 19.7 Å². The molecule has 7 nitrogen and oxygen atoms in total. The molecule has 0 spiro atoms. The molecule has 0 aromatic carbocycles. The highest BCUT2D eigenvalue weighted by atomic mass is 32.2. The van der Waals surface area contributed by atoms with E-state index in [4.69, 9.17) is 0 Å². The number of aromatic nitrogens is 3. The first kappa shape index (κ1) is 17.9. The summed E-state index contributed by atoms with van der Waals surface area (Å²) in [5.41, 5.74) is 0.709. The second-order valence-electron chi connectivity index (χ2n) is 6.17.